The number of rotatable bonds is 3. The molecule has 0 saturated heterocycles. The predicted octanol–water partition coefficient (Wildman–Crippen LogP) is 3.95. The van der Waals surface area contributed by atoms with Crippen LogP contribution >= 0.6 is 11.8 Å². The molecule has 98 valence electrons. The Balaban J connectivity index is 2.16. The molecule has 4 heteroatoms. The summed E-state index contributed by atoms with van der Waals surface area (Å²) in [6.45, 7) is 2.16. The summed E-state index contributed by atoms with van der Waals surface area (Å²) < 4.78 is 12.1. The second-order valence-corrected chi connectivity index (χ2v) is 6.49. The Morgan fingerprint density at radius 1 is 1.33 bits per heavy atom. The van der Waals surface area contributed by atoms with Gasteiger partial charge in [-0.15, -0.1) is 11.8 Å². The molecule has 1 saturated carbocycles. The van der Waals surface area contributed by atoms with Crippen LogP contribution in [0.2, 0.25) is 0 Å². The van der Waals surface area contributed by atoms with E-state index in [0.717, 1.165) is 17.7 Å². The van der Waals surface area contributed by atoms with Crippen LogP contribution in [0, 0.1) is 11.7 Å². The first kappa shape index (κ1) is 13.4. The zero-order valence-corrected chi connectivity index (χ0v) is 11.2. The molecule has 0 spiro atoms. The summed E-state index contributed by atoms with van der Waals surface area (Å²) in [7, 11) is 0. The predicted molar refractivity (Wildman–Crippen MR) is 70.3 cm³/mol. The lowest BCUT2D eigenvalue weighted by Gasteiger charge is -2.35. The van der Waals surface area contributed by atoms with Gasteiger partial charge in [0, 0.05) is 4.90 Å². The Morgan fingerprint density at radius 3 is 2.39 bits per heavy atom. The Morgan fingerprint density at radius 2 is 1.89 bits per heavy atom. The first-order valence-electron chi connectivity index (χ1n) is 6.20. The maximum Gasteiger partial charge on any atom is 0.320 e. The molecule has 0 amide bonds. The first-order chi connectivity index (χ1) is 8.52. The van der Waals surface area contributed by atoms with Crippen molar-refractivity contribution in [2.45, 2.75) is 42.2 Å². The summed E-state index contributed by atoms with van der Waals surface area (Å²) in [4.78, 5) is 12.4. The molecule has 0 radical (unpaired) electrons. The van der Waals surface area contributed by atoms with Crippen molar-refractivity contribution in [3.8, 4) is 0 Å². The maximum absolute atomic E-state index is 12.8. The van der Waals surface area contributed by atoms with Crippen LogP contribution < -0.4 is 0 Å². The van der Waals surface area contributed by atoms with E-state index in [2.05, 4.69) is 6.92 Å². The Hall–Kier alpha value is -1.03. The Labute approximate surface area is 111 Å². The van der Waals surface area contributed by atoms with Crippen molar-refractivity contribution in [3.63, 3.8) is 0 Å². The molecule has 1 aliphatic rings. The number of halogens is 1. The number of thioether (sulfide) groups is 1. The molecule has 0 bridgehead atoms. The summed E-state index contributed by atoms with van der Waals surface area (Å²) in [5, 5.41) is 9.50. The van der Waals surface area contributed by atoms with E-state index in [0.29, 0.717) is 18.8 Å². The second kappa shape index (κ2) is 5.31. The summed E-state index contributed by atoms with van der Waals surface area (Å²) in [6.07, 6.45) is 3.26. The van der Waals surface area contributed by atoms with Crippen LogP contribution in [0.3, 0.4) is 0 Å². The molecule has 0 aromatic heterocycles. The van der Waals surface area contributed by atoms with Gasteiger partial charge in [0.05, 0.1) is 0 Å². The van der Waals surface area contributed by atoms with E-state index in [4.69, 9.17) is 0 Å². The second-order valence-electron chi connectivity index (χ2n) is 5.04. The van der Waals surface area contributed by atoms with Crippen molar-refractivity contribution in [3.05, 3.63) is 30.1 Å². The van der Waals surface area contributed by atoms with Crippen LogP contribution in [0.15, 0.2) is 29.2 Å². The quantitative estimate of drug-likeness (QED) is 0.901. The lowest BCUT2D eigenvalue weighted by molar-refractivity contribution is -0.141. The standard InChI is InChI=1S/C14H17FO2S/c1-10-6-8-14(9-7-10,13(16)17)18-12-4-2-11(15)3-5-12/h2-5,10H,6-9H2,1H3,(H,16,17). The van der Waals surface area contributed by atoms with Crippen LogP contribution in [-0.4, -0.2) is 15.8 Å². The van der Waals surface area contributed by atoms with Gasteiger partial charge in [0.1, 0.15) is 10.6 Å². The highest BCUT2D eigenvalue weighted by Crippen LogP contribution is 2.45. The third-order valence-corrected chi connectivity index (χ3v) is 5.08. The van der Waals surface area contributed by atoms with Crippen molar-refractivity contribution in [1.82, 2.24) is 0 Å². The molecular formula is C14H17FO2S. The minimum atomic E-state index is -0.747. The number of hydrogen-bond donors (Lipinski definition) is 1. The fraction of sp³-hybridized carbons (Fsp3) is 0.500. The van der Waals surface area contributed by atoms with E-state index in [-0.39, 0.29) is 5.82 Å². The summed E-state index contributed by atoms with van der Waals surface area (Å²) in [5.74, 6) is -0.434. The van der Waals surface area contributed by atoms with E-state index >= 15 is 0 Å². The smallest absolute Gasteiger partial charge is 0.320 e. The van der Waals surface area contributed by atoms with E-state index in [1.54, 1.807) is 12.1 Å². The highest BCUT2D eigenvalue weighted by Gasteiger charge is 2.42. The molecule has 1 N–H and O–H groups in total. The zero-order chi connectivity index (χ0) is 13.2. The van der Waals surface area contributed by atoms with Crippen molar-refractivity contribution < 1.29 is 14.3 Å². The van der Waals surface area contributed by atoms with Gasteiger partial charge in [-0.25, -0.2) is 4.39 Å². The molecule has 0 heterocycles. The molecular weight excluding hydrogens is 251 g/mol. The number of aliphatic carboxylic acids is 1. The van der Waals surface area contributed by atoms with Crippen molar-refractivity contribution in [1.29, 1.82) is 0 Å². The van der Waals surface area contributed by atoms with Crippen molar-refractivity contribution in [2.75, 3.05) is 0 Å². The Kier molecular flexibility index (Phi) is 3.95. The third-order valence-electron chi connectivity index (χ3n) is 3.60. The Bertz CT molecular complexity index is 422. The van der Waals surface area contributed by atoms with Gasteiger partial charge in [-0.1, -0.05) is 6.92 Å². The lowest BCUT2D eigenvalue weighted by Crippen LogP contribution is -2.38. The van der Waals surface area contributed by atoms with Gasteiger partial charge in [-0.05, 0) is 55.9 Å². The molecule has 1 aliphatic carbocycles. The topological polar surface area (TPSA) is 37.3 Å². The van der Waals surface area contributed by atoms with Crippen molar-refractivity contribution in [2.24, 2.45) is 5.92 Å². The van der Waals surface area contributed by atoms with Gasteiger partial charge in [-0.3, -0.25) is 4.79 Å². The molecule has 1 aromatic rings. The fourth-order valence-corrected chi connectivity index (χ4v) is 3.57. The van der Waals surface area contributed by atoms with E-state index in [1.807, 2.05) is 0 Å². The average Bonchev–Trinajstić information content (AvgIpc) is 2.35. The molecule has 2 rings (SSSR count). The van der Waals surface area contributed by atoms with Crippen LogP contribution in [-0.2, 0) is 4.79 Å². The number of carboxylic acids is 1. The highest BCUT2D eigenvalue weighted by molar-refractivity contribution is 8.01. The van der Waals surface area contributed by atoms with Crippen LogP contribution in [0.1, 0.15) is 32.6 Å². The molecule has 1 fully saturated rings. The molecule has 2 nitrogen and oxygen atoms in total. The zero-order valence-electron chi connectivity index (χ0n) is 10.4. The van der Waals surface area contributed by atoms with Gasteiger partial charge >= 0.3 is 5.97 Å². The van der Waals surface area contributed by atoms with Crippen LogP contribution in [0.4, 0.5) is 4.39 Å². The number of carboxylic acid groups (broad SMARTS) is 1. The monoisotopic (exact) mass is 268 g/mol. The minimum absolute atomic E-state index is 0.291. The molecule has 18 heavy (non-hydrogen) atoms. The summed E-state index contributed by atoms with van der Waals surface area (Å²) in [5.41, 5.74) is 0. The van der Waals surface area contributed by atoms with Crippen LogP contribution in [0.5, 0.6) is 0 Å². The highest BCUT2D eigenvalue weighted by atomic mass is 32.2. The minimum Gasteiger partial charge on any atom is -0.480 e. The first-order valence-corrected chi connectivity index (χ1v) is 7.01. The van der Waals surface area contributed by atoms with Gasteiger partial charge in [0.2, 0.25) is 0 Å². The molecule has 0 aliphatic heterocycles. The molecule has 0 unspecified atom stereocenters. The van der Waals surface area contributed by atoms with E-state index in [9.17, 15) is 14.3 Å². The average molecular weight is 268 g/mol. The molecule has 1 aromatic carbocycles. The summed E-state index contributed by atoms with van der Waals surface area (Å²) in [6, 6.07) is 6.07. The maximum atomic E-state index is 12.8. The van der Waals surface area contributed by atoms with Crippen molar-refractivity contribution >= 4 is 17.7 Å². The lowest BCUT2D eigenvalue weighted by atomic mass is 9.82. The number of benzene rings is 1. The number of carbonyl (C=O) groups is 1. The largest absolute Gasteiger partial charge is 0.480 e. The van der Waals surface area contributed by atoms with Gasteiger partial charge in [0.25, 0.3) is 0 Å². The third kappa shape index (κ3) is 2.86. The van der Waals surface area contributed by atoms with E-state index < -0.39 is 10.7 Å². The van der Waals surface area contributed by atoms with Gasteiger partial charge in [0.15, 0.2) is 0 Å². The summed E-state index contributed by atoms with van der Waals surface area (Å²) >= 11 is 1.36. The molecule has 0 atom stereocenters. The van der Waals surface area contributed by atoms with Gasteiger partial charge in [-0.2, -0.15) is 0 Å². The fourth-order valence-electron chi connectivity index (χ4n) is 2.32. The SMILES string of the molecule is CC1CCC(Sc2ccc(F)cc2)(C(=O)O)CC1. The van der Waals surface area contributed by atoms with Crippen LogP contribution in [0.25, 0.3) is 0 Å². The number of hydrogen-bond acceptors (Lipinski definition) is 2. The van der Waals surface area contributed by atoms with E-state index in [1.165, 1.54) is 23.9 Å². The van der Waals surface area contributed by atoms with Gasteiger partial charge < -0.3 is 5.11 Å². The normalized spacial score (nSPS) is 28.0.